The van der Waals surface area contributed by atoms with E-state index in [0.29, 0.717) is 6.61 Å². The van der Waals surface area contributed by atoms with Gasteiger partial charge < -0.3 is 20.9 Å². The first-order valence-electron chi connectivity index (χ1n) is 3.25. The van der Waals surface area contributed by atoms with Crippen molar-refractivity contribution >= 4 is 8.32 Å². The van der Waals surface area contributed by atoms with Crippen molar-refractivity contribution < 1.29 is 42.6 Å². The van der Waals surface area contributed by atoms with Crippen LogP contribution in [0.15, 0.2) is 0 Å². The van der Waals surface area contributed by atoms with E-state index in [4.69, 9.17) is 9.90 Å². The summed E-state index contributed by atoms with van der Waals surface area (Å²) in [7, 11) is -1.61. The number of hydrogen-bond acceptors (Lipinski definition) is 2. The summed E-state index contributed by atoms with van der Waals surface area (Å²) in [4.78, 5) is 8.66. The van der Waals surface area contributed by atoms with Crippen LogP contribution < -0.4 is 0 Å². The van der Waals surface area contributed by atoms with Crippen LogP contribution >= 0.6 is 0 Å². The van der Waals surface area contributed by atoms with Gasteiger partial charge in [-0.2, -0.15) is 0 Å². The van der Waals surface area contributed by atoms with E-state index < -0.39 is 8.32 Å². The van der Waals surface area contributed by atoms with Gasteiger partial charge in [-0.3, -0.25) is 0 Å². The van der Waals surface area contributed by atoms with E-state index >= 15 is 0 Å². The molecule has 78 valence electrons. The first-order chi connectivity index (χ1) is 3.91. The molecule has 0 atom stereocenters. The molecule has 0 bridgehead atoms. The SMILES string of the molecule is CCCO.C[Si](C)(C)O.O.O.[Ti]. The summed E-state index contributed by atoms with van der Waals surface area (Å²) in [6.07, 6.45) is 0.875. The van der Waals surface area contributed by atoms with Crippen molar-refractivity contribution in [3.8, 4) is 0 Å². The van der Waals surface area contributed by atoms with E-state index in [1.165, 1.54) is 0 Å². The molecule has 0 aromatic rings. The van der Waals surface area contributed by atoms with Crippen LogP contribution in [0, 0.1) is 0 Å². The molecular weight excluding hydrogens is 212 g/mol. The molecule has 0 spiro atoms. The van der Waals surface area contributed by atoms with Crippen molar-refractivity contribution in [2.75, 3.05) is 6.61 Å². The second kappa shape index (κ2) is 17.8. The standard InChI is InChI=1S/C3H10OSi.C3H8O.2H2O.Ti/c1-5(2,3)4;1-2-3-4;;;/h4H,1-3H3;4H,2-3H2,1H3;2*1H2;. The predicted molar refractivity (Wildman–Crippen MR) is 50.2 cm³/mol. The predicted octanol–water partition coefficient (Wildman–Crippen LogP) is -0.450. The van der Waals surface area contributed by atoms with Gasteiger partial charge in [-0.05, 0) is 26.1 Å². The molecule has 0 aromatic heterocycles. The zero-order chi connectivity index (χ0) is 7.91. The van der Waals surface area contributed by atoms with E-state index in [0.717, 1.165) is 6.42 Å². The van der Waals surface area contributed by atoms with Crippen molar-refractivity contribution in [2.45, 2.75) is 33.0 Å². The molecule has 0 aliphatic heterocycles. The Morgan fingerprint density at radius 2 is 1.17 bits per heavy atom. The maximum atomic E-state index is 8.66. The molecule has 0 heterocycles. The van der Waals surface area contributed by atoms with Crippen LogP contribution in [0.3, 0.4) is 0 Å². The molecule has 0 amide bonds. The molecule has 0 aromatic carbocycles. The molecule has 0 radical (unpaired) electrons. The minimum absolute atomic E-state index is 0. The largest absolute Gasteiger partial charge is 0.433 e. The fourth-order valence-corrected chi connectivity index (χ4v) is 0. The van der Waals surface area contributed by atoms with Crippen molar-refractivity contribution in [2.24, 2.45) is 0 Å². The number of rotatable bonds is 1. The summed E-state index contributed by atoms with van der Waals surface area (Å²) >= 11 is 0. The summed E-state index contributed by atoms with van der Waals surface area (Å²) < 4.78 is 0. The zero-order valence-electron chi connectivity index (χ0n) is 8.31. The van der Waals surface area contributed by atoms with Gasteiger partial charge in [0.05, 0.1) is 0 Å². The molecule has 0 unspecified atom stereocenters. The Morgan fingerprint density at radius 1 is 1.08 bits per heavy atom. The van der Waals surface area contributed by atoms with Gasteiger partial charge in [0.1, 0.15) is 0 Å². The smallest absolute Gasteiger partial charge is 0.179 e. The Labute approximate surface area is 90.6 Å². The quantitative estimate of drug-likeness (QED) is 0.600. The van der Waals surface area contributed by atoms with Crippen LogP contribution in [-0.2, 0) is 21.7 Å². The third kappa shape index (κ3) is 328. The molecule has 0 saturated carbocycles. The third-order valence-electron chi connectivity index (χ3n) is 0.224. The first kappa shape index (κ1) is 29.3. The minimum atomic E-state index is -1.61. The van der Waals surface area contributed by atoms with E-state index in [1.807, 2.05) is 26.6 Å². The summed E-state index contributed by atoms with van der Waals surface area (Å²) in [5.41, 5.74) is 0. The summed E-state index contributed by atoms with van der Waals surface area (Å²) in [5, 5.41) is 7.88. The third-order valence-corrected chi connectivity index (χ3v) is 0.224. The van der Waals surface area contributed by atoms with Crippen LogP contribution in [0.4, 0.5) is 0 Å². The topological polar surface area (TPSA) is 103 Å². The molecule has 0 saturated heterocycles. The van der Waals surface area contributed by atoms with Crippen LogP contribution in [0.1, 0.15) is 13.3 Å². The van der Waals surface area contributed by atoms with E-state index in [2.05, 4.69) is 0 Å². The van der Waals surface area contributed by atoms with Crippen molar-refractivity contribution in [3.63, 3.8) is 0 Å². The molecule has 4 nitrogen and oxygen atoms in total. The fraction of sp³-hybridized carbons (Fsp3) is 1.00. The van der Waals surface area contributed by atoms with Gasteiger partial charge in [0, 0.05) is 28.3 Å². The molecule has 0 rings (SSSR count). The fourth-order valence-electron chi connectivity index (χ4n) is 0. The average molecular weight is 234 g/mol. The normalized spacial score (nSPS) is 7.50. The van der Waals surface area contributed by atoms with E-state index in [9.17, 15) is 0 Å². The van der Waals surface area contributed by atoms with Gasteiger partial charge in [-0.1, -0.05) is 6.92 Å². The molecule has 6 N–H and O–H groups in total. The van der Waals surface area contributed by atoms with Gasteiger partial charge in [-0.25, -0.2) is 0 Å². The van der Waals surface area contributed by atoms with Crippen molar-refractivity contribution in [1.29, 1.82) is 0 Å². The molecule has 0 aliphatic carbocycles. The van der Waals surface area contributed by atoms with Crippen LogP contribution in [-0.4, -0.2) is 35.8 Å². The Morgan fingerprint density at radius 3 is 1.17 bits per heavy atom. The van der Waals surface area contributed by atoms with Gasteiger partial charge in [0.15, 0.2) is 8.32 Å². The zero-order valence-corrected chi connectivity index (χ0v) is 10.9. The van der Waals surface area contributed by atoms with Gasteiger partial charge in [0.2, 0.25) is 0 Å². The Kier molecular flexibility index (Phi) is 43.3. The van der Waals surface area contributed by atoms with Crippen molar-refractivity contribution in [1.82, 2.24) is 0 Å². The first-order valence-corrected chi connectivity index (χ1v) is 6.69. The summed E-state index contributed by atoms with van der Waals surface area (Å²) in [5.74, 6) is 0. The van der Waals surface area contributed by atoms with E-state index in [-0.39, 0.29) is 32.7 Å². The van der Waals surface area contributed by atoms with Crippen molar-refractivity contribution in [3.05, 3.63) is 0 Å². The number of aliphatic hydroxyl groups is 1. The number of aliphatic hydroxyl groups excluding tert-OH is 1. The Balaban J connectivity index is -0.0000000221. The summed E-state index contributed by atoms with van der Waals surface area (Å²) in [6.45, 7) is 7.90. The molecule has 6 heteroatoms. The van der Waals surface area contributed by atoms with Gasteiger partial charge in [0.25, 0.3) is 0 Å². The van der Waals surface area contributed by atoms with E-state index in [1.54, 1.807) is 0 Å². The maximum absolute atomic E-state index is 8.66. The van der Waals surface area contributed by atoms with Gasteiger partial charge >= 0.3 is 0 Å². The van der Waals surface area contributed by atoms with Crippen LogP contribution in [0.5, 0.6) is 0 Å². The molecule has 0 fully saturated rings. The minimum Gasteiger partial charge on any atom is -0.433 e. The summed E-state index contributed by atoms with van der Waals surface area (Å²) in [6, 6.07) is 0. The van der Waals surface area contributed by atoms with Crippen LogP contribution in [0.25, 0.3) is 0 Å². The number of hydrogen-bond donors (Lipinski definition) is 2. The molecule has 0 aliphatic rings. The van der Waals surface area contributed by atoms with Crippen LogP contribution in [0.2, 0.25) is 19.6 Å². The average Bonchev–Trinajstić information content (AvgIpc) is 1.61. The second-order valence-electron chi connectivity index (χ2n) is 2.89. The molecule has 12 heavy (non-hydrogen) atoms. The Bertz CT molecular complexity index is 50.0. The second-order valence-corrected chi connectivity index (χ2v) is 7.24. The monoisotopic (exact) mass is 234 g/mol. The Hall–Kier alpha value is 0.771. The maximum Gasteiger partial charge on any atom is 0.179 e. The molecular formula is C6H22O4SiTi. The van der Waals surface area contributed by atoms with Gasteiger partial charge in [-0.15, -0.1) is 0 Å².